The third-order valence-electron chi connectivity index (χ3n) is 5.58. The van der Waals surface area contributed by atoms with E-state index >= 15 is 0 Å². The number of methoxy groups -OCH3 is 1. The van der Waals surface area contributed by atoms with Crippen LogP contribution in [0, 0.1) is 11.8 Å². The Morgan fingerprint density at radius 3 is 2.73 bits per heavy atom. The number of aryl methyl sites for hydroxylation is 1. The predicted octanol–water partition coefficient (Wildman–Crippen LogP) is 1.94. The van der Waals surface area contributed by atoms with Crippen LogP contribution in [0.5, 0.6) is 5.88 Å². The Hall–Kier alpha value is -2.38. The number of rotatable bonds is 5. The molecular weight excluding hydrogens is 332 g/mol. The number of aromatic nitrogens is 5. The highest BCUT2D eigenvalue weighted by atomic mass is 16.5. The van der Waals surface area contributed by atoms with E-state index in [0.717, 1.165) is 18.2 Å². The maximum absolute atomic E-state index is 13.1. The van der Waals surface area contributed by atoms with Crippen LogP contribution >= 0.6 is 0 Å². The highest BCUT2D eigenvalue weighted by Gasteiger charge is 2.46. The summed E-state index contributed by atoms with van der Waals surface area (Å²) in [5.41, 5.74) is 0.519. The fourth-order valence-corrected chi connectivity index (χ4v) is 3.98. The zero-order chi connectivity index (χ0) is 18.4. The van der Waals surface area contributed by atoms with Crippen molar-refractivity contribution >= 4 is 5.91 Å². The second-order valence-corrected chi connectivity index (χ2v) is 7.74. The standard InChI is InChI=1S/C18H26N6O2/c1-10(2)15-20-16(22-21-15)14-9-24(8-13(14)11-5-6-11)17(25)12-7-19-23(3)18(12)26-4/h7,10-11,13-14H,5-6,8-9H2,1-4H3,(H,20,21,22)/t13-,14+/m1/s1. The van der Waals surface area contributed by atoms with Gasteiger partial charge < -0.3 is 9.64 Å². The molecule has 0 aromatic carbocycles. The van der Waals surface area contributed by atoms with Gasteiger partial charge in [-0.2, -0.15) is 10.2 Å². The first-order valence-corrected chi connectivity index (χ1v) is 9.27. The summed E-state index contributed by atoms with van der Waals surface area (Å²) < 4.78 is 6.94. The summed E-state index contributed by atoms with van der Waals surface area (Å²) in [7, 11) is 3.34. The number of carbonyl (C=O) groups excluding carboxylic acids is 1. The third-order valence-corrected chi connectivity index (χ3v) is 5.58. The minimum atomic E-state index is -0.0216. The van der Waals surface area contributed by atoms with Crippen molar-refractivity contribution in [3.63, 3.8) is 0 Å². The Bertz CT molecular complexity index is 806. The van der Waals surface area contributed by atoms with Crippen molar-refractivity contribution in [2.24, 2.45) is 18.9 Å². The minimum absolute atomic E-state index is 0.0216. The Labute approximate surface area is 152 Å². The van der Waals surface area contributed by atoms with Gasteiger partial charge in [0.2, 0.25) is 5.88 Å². The van der Waals surface area contributed by atoms with E-state index in [9.17, 15) is 4.79 Å². The van der Waals surface area contributed by atoms with Gasteiger partial charge >= 0.3 is 0 Å². The molecule has 1 saturated heterocycles. The summed E-state index contributed by atoms with van der Waals surface area (Å²) in [5, 5.41) is 11.6. The van der Waals surface area contributed by atoms with Gasteiger partial charge in [0.05, 0.1) is 13.3 Å². The van der Waals surface area contributed by atoms with E-state index in [0.29, 0.717) is 29.8 Å². The quantitative estimate of drug-likeness (QED) is 0.882. The number of ether oxygens (including phenoxy) is 1. The molecule has 4 rings (SSSR count). The van der Waals surface area contributed by atoms with Gasteiger partial charge in [-0.15, -0.1) is 0 Å². The van der Waals surface area contributed by atoms with E-state index in [1.54, 1.807) is 25.0 Å². The number of H-pyrrole nitrogens is 1. The van der Waals surface area contributed by atoms with Crippen molar-refractivity contribution in [3.05, 3.63) is 23.4 Å². The summed E-state index contributed by atoms with van der Waals surface area (Å²) in [6, 6.07) is 0. The van der Waals surface area contributed by atoms with Gasteiger partial charge in [-0.3, -0.25) is 9.89 Å². The van der Waals surface area contributed by atoms with Crippen LogP contribution in [0.25, 0.3) is 0 Å². The zero-order valence-corrected chi connectivity index (χ0v) is 15.8. The van der Waals surface area contributed by atoms with E-state index in [4.69, 9.17) is 9.72 Å². The average molecular weight is 358 g/mol. The SMILES string of the molecule is COc1c(C(=O)N2C[C@H](c3nc(C(C)C)n[nH]3)[C@@H](C3CC3)C2)cnn1C. The molecule has 1 N–H and O–H groups in total. The minimum Gasteiger partial charge on any atom is -0.481 e. The van der Waals surface area contributed by atoms with Crippen LogP contribution in [0.3, 0.4) is 0 Å². The van der Waals surface area contributed by atoms with Crippen LogP contribution in [-0.4, -0.2) is 56.0 Å². The lowest BCUT2D eigenvalue weighted by Gasteiger charge is -2.16. The molecule has 8 nitrogen and oxygen atoms in total. The Kier molecular flexibility index (Phi) is 4.20. The number of hydrogen-bond donors (Lipinski definition) is 1. The van der Waals surface area contributed by atoms with E-state index < -0.39 is 0 Å². The van der Waals surface area contributed by atoms with Crippen molar-refractivity contribution in [2.75, 3.05) is 20.2 Å². The number of hydrogen-bond acceptors (Lipinski definition) is 5. The number of nitrogens with one attached hydrogen (secondary N) is 1. The summed E-state index contributed by atoms with van der Waals surface area (Å²) in [5.74, 6) is 3.87. The lowest BCUT2D eigenvalue weighted by Crippen LogP contribution is -2.29. The smallest absolute Gasteiger partial charge is 0.261 e. The molecule has 1 saturated carbocycles. The molecule has 0 bridgehead atoms. The van der Waals surface area contributed by atoms with Crippen LogP contribution in [0.2, 0.25) is 0 Å². The first-order valence-electron chi connectivity index (χ1n) is 9.27. The Balaban J connectivity index is 1.58. The van der Waals surface area contributed by atoms with Crippen LogP contribution < -0.4 is 4.74 Å². The zero-order valence-electron chi connectivity index (χ0n) is 15.8. The lowest BCUT2D eigenvalue weighted by atomic mass is 9.91. The highest BCUT2D eigenvalue weighted by Crippen LogP contribution is 2.47. The van der Waals surface area contributed by atoms with Gasteiger partial charge in [-0.05, 0) is 24.7 Å². The second-order valence-electron chi connectivity index (χ2n) is 7.74. The van der Waals surface area contributed by atoms with Crippen LogP contribution in [0.4, 0.5) is 0 Å². The molecule has 2 atom stereocenters. The Morgan fingerprint density at radius 2 is 2.12 bits per heavy atom. The third kappa shape index (κ3) is 2.87. The van der Waals surface area contributed by atoms with Crippen molar-refractivity contribution in [1.29, 1.82) is 0 Å². The van der Waals surface area contributed by atoms with Gasteiger partial charge in [0.25, 0.3) is 5.91 Å². The van der Waals surface area contributed by atoms with E-state index in [2.05, 4.69) is 29.1 Å². The van der Waals surface area contributed by atoms with Crippen molar-refractivity contribution in [1.82, 2.24) is 29.9 Å². The van der Waals surface area contributed by atoms with Crippen LogP contribution in [0.15, 0.2) is 6.20 Å². The van der Waals surface area contributed by atoms with Crippen molar-refractivity contribution in [3.8, 4) is 5.88 Å². The monoisotopic (exact) mass is 358 g/mol. The summed E-state index contributed by atoms with van der Waals surface area (Å²) in [6.45, 7) is 5.59. The molecule has 0 radical (unpaired) electrons. The Morgan fingerprint density at radius 1 is 1.35 bits per heavy atom. The molecule has 1 aliphatic heterocycles. The van der Waals surface area contributed by atoms with Gasteiger partial charge in [0, 0.05) is 32.0 Å². The summed E-state index contributed by atoms with van der Waals surface area (Å²) in [4.78, 5) is 19.7. The van der Waals surface area contributed by atoms with E-state index in [-0.39, 0.29) is 17.7 Å². The molecule has 2 aromatic heterocycles. The molecule has 0 spiro atoms. The molecule has 8 heteroatoms. The fourth-order valence-electron chi connectivity index (χ4n) is 3.98. The molecule has 2 fully saturated rings. The van der Waals surface area contributed by atoms with E-state index in [1.165, 1.54) is 12.8 Å². The summed E-state index contributed by atoms with van der Waals surface area (Å²) >= 11 is 0. The van der Waals surface area contributed by atoms with Crippen molar-refractivity contribution < 1.29 is 9.53 Å². The molecular formula is C18H26N6O2. The number of carbonyl (C=O) groups is 1. The first-order chi connectivity index (χ1) is 12.5. The number of amides is 1. The largest absolute Gasteiger partial charge is 0.481 e. The molecule has 0 unspecified atom stereocenters. The topological polar surface area (TPSA) is 88.9 Å². The predicted molar refractivity (Wildman–Crippen MR) is 95.1 cm³/mol. The normalized spacial score (nSPS) is 23.0. The van der Waals surface area contributed by atoms with Gasteiger partial charge in [0.1, 0.15) is 11.4 Å². The highest BCUT2D eigenvalue weighted by molar-refractivity contribution is 5.96. The summed E-state index contributed by atoms with van der Waals surface area (Å²) in [6.07, 6.45) is 4.07. The number of aromatic amines is 1. The molecule has 3 heterocycles. The van der Waals surface area contributed by atoms with Gasteiger partial charge in [0.15, 0.2) is 5.82 Å². The number of likely N-dealkylation sites (tertiary alicyclic amines) is 1. The lowest BCUT2D eigenvalue weighted by molar-refractivity contribution is 0.0781. The molecule has 26 heavy (non-hydrogen) atoms. The molecule has 2 aliphatic rings. The van der Waals surface area contributed by atoms with E-state index in [1.807, 2.05) is 4.90 Å². The van der Waals surface area contributed by atoms with Gasteiger partial charge in [-0.1, -0.05) is 13.8 Å². The second kappa shape index (κ2) is 6.41. The van der Waals surface area contributed by atoms with Crippen molar-refractivity contribution in [2.45, 2.75) is 38.5 Å². The molecule has 1 aliphatic carbocycles. The number of nitrogens with zero attached hydrogens (tertiary/aromatic N) is 5. The molecule has 140 valence electrons. The fraction of sp³-hybridized carbons (Fsp3) is 0.667. The van der Waals surface area contributed by atoms with Crippen LogP contribution in [-0.2, 0) is 7.05 Å². The maximum atomic E-state index is 13.1. The average Bonchev–Trinajstić information content (AvgIpc) is 3.05. The van der Waals surface area contributed by atoms with Gasteiger partial charge in [-0.25, -0.2) is 9.67 Å². The molecule has 1 amide bonds. The first kappa shape index (κ1) is 17.1. The van der Waals surface area contributed by atoms with Crippen LogP contribution in [0.1, 0.15) is 60.5 Å². The molecule has 2 aromatic rings. The maximum Gasteiger partial charge on any atom is 0.261 e.